The van der Waals surface area contributed by atoms with Crippen LogP contribution in [0.25, 0.3) is 11.4 Å². The van der Waals surface area contributed by atoms with E-state index in [1.54, 1.807) is 7.11 Å². The van der Waals surface area contributed by atoms with E-state index >= 15 is 0 Å². The molecule has 0 radical (unpaired) electrons. The van der Waals surface area contributed by atoms with Gasteiger partial charge in [0, 0.05) is 24.2 Å². The van der Waals surface area contributed by atoms with Crippen LogP contribution in [0.3, 0.4) is 0 Å². The Bertz CT molecular complexity index is 1210. The third kappa shape index (κ3) is 6.78. The molecule has 34 heavy (non-hydrogen) atoms. The number of anilines is 1. The zero-order valence-corrected chi connectivity index (χ0v) is 20.3. The number of aromatic nitrogens is 4. The summed E-state index contributed by atoms with van der Waals surface area (Å²) in [6, 6.07) is 15.3. The number of carbonyl (C=O) groups excluding carboxylic acids is 1. The number of nitrogens with zero attached hydrogens (tertiary/aromatic N) is 4. The second-order valence-corrected chi connectivity index (χ2v) is 9.49. The maximum atomic E-state index is 12.3. The second-order valence-electron chi connectivity index (χ2n) is 7.17. The summed E-state index contributed by atoms with van der Waals surface area (Å²) in [7, 11) is 1.61. The molecule has 0 saturated carbocycles. The number of ether oxygens (including phenoxy) is 2. The fourth-order valence-corrected chi connectivity index (χ4v) is 4.51. The molecule has 0 atom stereocenters. The lowest BCUT2D eigenvalue weighted by Gasteiger charge is -2.04. The molecule has 9 nitrogen and oxygen atoms in total. The van der Waals surface area contributed by atoms with E-state index in [0.29, 0.717) is 29.9 Å². The molecule has 0 aliphatic heterocycles. The van der Waals surface area contributed by atoms with Crippen LogP contribution < -0.4 is 14.8 Å². The molecule has 2 aromatic carbocycles. The van der Waals surface area contributed by atoms with Crippen molar-refractivity contribution >= 4 is 34.1 Å². The van der Waals surface area contributed by atoms with Gasteiger partial charge in [-0.1, -0.05) is 46.0 Å². The van der Waals surface area contributed by atoms with Crippen LogP contribution in [0.1, 0.15) is 17.9 Å². The highest BCUT2D eigenvalue weighted by Crippen LogP contribution is 2.26. The van der Waals surface area contributed by atoms with E-state index in [0.717, 1.165) is 27.2 Å². The van der Waals surface area contributed by atoms with Gasteiger partial charge in [-0.2, -0.15) is 4.98 Å². The van der Waals surface area contributed by atoms with Gasteiger partial charge < -0.3 is 19.3 Å². The number of carbonyl (C=O) groups is 1. The predicted molar refractivity (Wildman–Crippen MR) is 131 cm³/mol. The van der Waals surface area contributed by atoms with Gasteiger partial charge in [-0.3, -0.25) is 4.79 Å². The number of nitrogens with one attached hydrogen (secondary N) is 1. The van der Waals surface area contributed by atoms with Crippen molar-refractivity contribution in [3.05, 3.63) is 60.0 Å². The van der Waals surface area contributed by atoms with Crippen molar-refractivity contribution in [2.45, 2.75) is 24.1 Å². The SMILES string of the molecule is COc1ccc(-c2noc(CCC(=O)Nc3nnc(SCCOc4ccc(C)cc4)s3)n2)cc1. The Morgan fingerprint density at radius 2 is 1.85 bits per heavy atom. The van der Waals surface area contributed by atoms with Crippen LogP contribution in [0.5, 0.6) is 11.5 Å². The van der Waals surface area contributed by atoms with Gasteiger partial charge in [0.2, 0.25) is 22.8 Å². The number of rotatable bonds is 11. The van der Waals surface area contributed by atoms with Gasteiger partial charge in [0.25, 0.3) is 0 Å². The van der Waals surface area contributed by atoms with Crippen molar-refractivity contribution in [2.24, 2.45) is 0 Å². The third-order valence-electron chi connectivity index (χ3n) is 4.63. The molecule has 4 aromatic rings. The molecule has 2 aromatic heterocycles. The summed E-state index contributed by atoms with van der Waals surface area (Å²) in [4.78, 5) is 16.6. The quantitative estimate of drug-likeness (QED) is 0.180. The standard InChI is InChI=1S/C23H23N5O4S2/c1-15-3-7-18(8-4-15)31-13-14-33-23-27-26-22(34-23)24-19(29)11-12-20-25-21(28-32-20)16-5-9-17(30-2)10-6-16/h3-10H,11-14H2,1-2H3,(H,24,26,29). The second kappa shape index (κ2) is 11.6. The minimum absolute atomic E-state index is 0.191. The first-order valence-corrected chi connectivity index (χ1v) is 12.3. The molecule has 0 aliphatic carbocycles. The Labute approximate surface area is 204 Å². The number of hydrogen-bond donors (Lipinski definition) is 1. The Hall–Kier alpha value is -3.44. The number of aryl methyl sites for hydroxylation is 2. The average molecular weight is 498 g/mol. The van der Waals surface area contributed by atoms with E-state index in [9.17, 15) is 4.79 Å². The lowest BCUT2D eigenvalue weighted by atomic mass is 10.2. The highest BCUT2D eigenvalue weighted by molar-refractivity contribution is 8.01. The summed E-state index contributed by atoms with van der Waals surface area (Å²) in [6.07, 6.45) is 0.516. The van der Waals surface area contributed by atoms with Gasteiger partial charge in [0.1, 0.15) is 11.5 Å². The molecule has 0 unspecified atom stereocenters. The molecule has 0 spiro atoms. The van der Waals surface area contributed by atoms with Crippen molar-refractivity contribution in [1.82, 2.24) is 20.3 Å². The Morgan fingerprint density at radius 1 is 1.09 bits per heavy atom. The first-order chi connectivity index (χ1) is 16.6. The van der Waals surface area contributed by atoms with Gasteiger partial charge in [-0.15, -0.1) is 10.2 Å². The smallest absolute Gasteiger partial charge is 0.227 e. The number of benzene rings is 2. The maximum Gasteiger partial charge on any atom is 0.227 e. The van der Waals surface area contributed by atoms with Crippen LogP contribution in [-0.2, 0) is 11.2 Å². The van der Waals surface area contributed by atoms with Crippen molar-refractivity contribution in [2.75, 3.05) is 24.8 Å². The predicted octanol–water partition coefficient (Wildman–Crippen LogP) is 4.65. The first-order valence-electron chi connectivity index (χ1n) is 10.5. The molecule has 0 aliphatic rings. The fraction of sp³-hybridized carbons (Fsp3) is 0.261. The highest BCUT2D eigenvalue weighted by atomic mass is 32.2. The zero-order chi connectivity index (χ0) is 23.8. The van der Waals surface area contributed by atoms with Gasteiger partial charge in [-0.05, 0) is 43.3 Å². The summed E-state index contributed by atoms with van der Waals surface area (Å²) >= 11 is 2.86. The largest absolute Gasteiger partial charge is 0.497 e. The number of thioether (sulfide) groups is 1. The van der Waals surface area contributed by atoms with E-state index in [2.05, 4.69) is 25.7 Å². The summed E-state index contributed by atoms with van der Waals surface area (Å²) < 4.78 is 16.9. The molecule has 0 fully saturated rings. The van der Waals surface area contributed by atoms with Crippen LogP contribution in [0.2, 0.25) is 0 Å². The van der Waals surface area contributed by atoms with Crippen molar-refractivity contribution < 1.29 is 18.8 Å². The van der Waals surface area contributed by atoms with Crippen LogP contribution in [0, 0.1) is 6.92 Å². The highest BCUT2D eigenvalue weighted by Gasteiger charge is 2.13. The normalized spacial score (nSPS) is 10.8. The van der Waals surface area contributed by atoms with E-state index in [-0.39, 0.29) is 12.3 Å². The molecule has 11 heteroatoms. The molecular weight excluding hydrogens is 474 g/mol. The van der Waals surface area contributed by atoms with Gasteiger partial charge >= 0.3 is 0 Å². The molecule has 0 bridgehead atoms. The van der Waals surface area contributed by atoms with E-state index in [1.807, 2.05) is 55.5 Å². The summed E-state index contributed by atoms with van der Waals surface area (Å²) in [6.45, 7) is 2.59. The van der Waals surface area contributed by atoms with Gasteiger partial charge in [0.15, 0.2) is 4.34 Å². The summed E-state index contributed by atoms with van der Waals surface area (Å²) in [5.41, 5.74) is 2.00. The Balaban J connectivity index is 1.18. The minimum Gasteiger partial charge on any atom is -0.497 e. The molecule has 4 rings (SSSR count). The van der Waals surface area contributed by atoms with E-state index in [1.165, 1.54) is 28.7 Å². The molecular formula is C23H23N5O4S2. The van der Waals surface area contributed by atoms with Gasteiger partial charge in [0.05, 0.1) is 13.7 Å². The van der Waals surface area contributed by atoms with Crippen LogP contribution in [0.15, 0.2) is 57.4 Å². The van der Waals surface area contributed by atoms with Crippen LogP contribution in [0.4, 0.5) is 5.13 Å². The first kappa shape index (κ1) is 23.7. The lowest BCUT2D eigenvalue weighted by Crippen LogP contribution is -2.12. The minimum atomic E-state index is -0.195. The Morgan fingerprint density at radius 3 is 2.62 bits per heavy atom. The molecule has 176 valence electrons. The average Bonchev–Trinajstić information content (AvgIpc) is 3.51. The number of methoxy groups -OCH3 is 1. The van der Waals surface area contributed by atoms with E-state index in [4.69, 9.17) is 14.0 Å². The van der Waals surface area contributed by atoms with Crippen molar-refractivity contribution in [3.63, 3.8) is 0 Å². The topological polar surface area (TPSA) is 112 Å². The van der Waals surface area contributed by atoms with Crippen LogP contribution in [-0.4, -0.2) is 45.7 Å². The van der Waals surface area contributed by atoms with Crippen molar-refractivity contribution in [3.8, 4) is 22.9 Å². The number of hydrogen-bond acceptors (Lipinski definition) is 10. The monoisotopic (exact) mass is 497 g/mol. The maximum absolute atomic E-state index is 12.3. The third-order valence-corrected chi connectivity index (χ3v) is 6.57. The molecule has 1 N–H and O–H groups in total. The van der Waals surface area contributed by atoms with Crippen molar-refractivity contribution in [1.29, 1.82) is 0 Å². The zero-order valence-electron chi connectivity index (χ0n) is 18.7. The number of amides is 1. The van der Waals surface area contributed by atoms with Gasteiger partial charge in [-0.25, -0.2) is 0 Å². The van der Waals surface area contributed by atoms with Crippen LogP contribution >= 0.6 is 23.1 Å². The summed E-state index contributed by atoms with van der Waals surface area (Å²) in [5.74, 6) is 2.98. The lowest BCUT2D eigenvalue weighted by molar-refractivity contribution is -0.116. The van der Waals surface area contributed by atoms with E-state index < -0.39 is 0 Å². The summed E-state index contributed by atoms with van der Waals surface area (Å²) in [5, 5.41) is 15.3. The Kier molecular flexibility index (Phi) is 8.10. The molecule has 0 saturated heterocycles. The molecule has 2 heterocycles. The fourth-order valence-electron chi connectivity index (χ4n) is 2.86. The molecule has 1 amide bonds.